The molecule has 0 bridgehead atoms. The lowest BCUT2D eigenvalue weighted by molar-refractivity contribution is 0.136. The third-order valence-corrected chi connectivity index (χ3v) is 3.70. The van der Waals surface area contributed by atoms with Crippen molar-refractivity contribution < 1.29 is 9.90 Å². The fourth-order valence-corrected chi connectivity index (χ4v) is 2.44. The van der Waals surface area contributed by atoms with Crippen LogP contribution in [0, 0.1) is 5.92 Å². The molecule has 0 spiro atoms. The summed E-state index contributed by atoms with van der Waals surface area (Å²) in [6, 6.07) is 7.67. The summed E-state index contributed by atoms with van der Waals surface area (Å²) in [6.07, 6.45) is 1.95. The average molecular weight is 277 g/mol. The van der Waals surface area contributed by atoms with Crippen LogP contribution in [0.5, 0.6) is 0 Å². The molecule has 110 valence electrons. The van der Waals surface area contributed by atoms with Crippen molar-refractivity contribution in [3.8, 4) is 0 Å². The van der Waals surface area contributed by atoms with E-state index in [9.17, 15) is 9.90 Å². The van der Waals surface area contributed by atoms with E-state index in [1.54, 1.807) is 4.90 Å². The second-order valence-corrected chi connectivity index (χ2v) is 5.51. The first kappa shape index (κ1) is 14.7. The van der Waals surface area contributed by atoms with Gasteiger partial charge in [-0.15, -0.1) is 0 Å². The molecule has 5 nitrogen and oxygen atoms in total. The Morgan fingerprint density at radius 2 is 2.10 bits per heavy atom. The van der Waals surface area contributed by atoms with Crippen LogP contribution in [0.25, 0.3) is 0 Å². The normalized spacial score (nSPS) is 18.8. The van der Waals surface area contributed by atoms with Gasteiger partial charge in [0.15, 0.2) is 0 Å². The molecule has 1 aliphatic heterocycles. The minimum absolute atomic E-state index is 0.0826. The lowest BCUT2D eigenvalue weighted by Gasteiger charge is -2.31. The zero-order valence-electron chi connectivity index (χ0n) is 12.2. The lowest BCUT2D eigenvalue weighted by atomic mass is 9.99. The highest BCUT2D eigenvalue weighted by molar-refractivity contribution is 5.89. The summed E-state index contributed by atoms with van der Waals surface area (Å²) in [5.41, 5.74) is 1.90. The molecule has 0 aliphatic carbocycles. The Kier molecular flexibility index (Phi) is 4.84. The van der Waals surface area contributed by atoms with Gasteiger partial charge >= 0.3 is 6.03 Å². The van der Waals surface area contributed by atoms with Gasteiger partial charge in [0, 0.05) is 45.2 Å². The smallest absolute Gasteiger partial charge is 0.321 e. The monoisotopic (exact) mass is 277 g/mol. The molecule has 0 saturated carbocycles. The number of nitrogens with one attached hydrogen (secondary N) is 1. The van der Waals surface area contributed by atoms with Gasteiger partial charge in [-0.2, -0.15) is 0 Å². The van der Waals surface area contributed by atoms with Crippen molar-refractivity contribution in [1.82, 2.24) is 4.90 Å². The topological polar surface area (TPSA) is 55.8 Å². The standard InChI is InChI=1S/C15H23N3O2/c1-17(2)14-7-5-13(6-8-14)16-15(20)18-9-3-4-12(10-18)11-19/h5-8,12,19H,3-4,9-11H2,1-2H3,(H,16,20). The molecule has 1 atom stereocenters. The van der Waals surface area contributed by atoms with Gasteiger partial charge in [0.2, 0.25) is 0 Å². The summed E-state index contributed by atoms with van der Waals surface area (Å²) in [4.78, 5) is 16.0. The first-order valence-electron chi connectivity index (χ1n) is 7.04. The maximum Gasteiger partial charge on any atom is 0.321 e. The van der Waals surface area contributed by atoms with Crippen molar-refractivity contribution in [2.45, 2.75) is 12.8 Å². The van der Waals surface area contributed by atoms with Gasteiger partial charge in [0.25, 0.3) is 0 Å². The van der Waals surface area contributed by atoms with E-state index in [1.807, 2.05) is 43.3 Å². The fraction of sp³-hybridized carbons (Fsp3) is 0.533. The quantitative estimate of drug-likeness (QED) is 0.888. The highest BCUT2D eigenvalue weighted by atomic mass is 16.3. The fourth-order valence-electron chi connectivity index (χ4n) is 2.44. The van der Waals surface area contributed by atoms with Crippen LogP contribution in [0.3, 0.4) is 0 Å². The molecule has 5 heteroatoms. The van der Waals surface area contributed by atoms with Gasteiger partial charge in [0.1, 0.15) is 0 Å². The van der Waals surface area contributed by atoms with E-state index in [2.05, 4.69) is 5.32 Å². The maximum absolute atomic E-state index is 12.2. The van der Waals surface area contributed by atoms with Crippen LogP contribution in [0.4, 0.5) is 16.2 Å². The Morgan fingerprint density at radius 3 is 2.70 bits per heavy atom. The molecule has 1 aromatic rings. The summed E-state index contributed by atoms with van der Waals surface area (Å²) in [7, 11) is 3.96. The third-order valence-electron chi connectivity index (χ3n) is 3.70. The van der Waals surface area contributed by atoms with Gasteiger partial charge in [-0.1, -0.05) is 0 Å². The molecule has 2 rings (SSSR count). The number of aliphatic hydroxyl groups excluding tert-OH is 1. The van der Waals surface area contributed by atoms with Gasteiger partial charge in [0.05, 0.1) is 0 Å². The number of nitrogens with zero attached hydrogens (tertiary/aromatic N) is 2. The number of hydrogen-bond donors (Lipinski definition) is 2. The number of aliphatic hydroxyl groups is 1. The number of piperidine rings is 1. The minimum atomic E-state index is -0.0826. The molecular weight excluding hydrogens is 254 g/mol. The Hall–Kier alpha value is -1.75. The highest BCUT2D eigenvalue weighted by Crippen LogP contribution is 2.19. The number of hydrogen-bond acceptors (Lipinski definition) is 3. The van der Waals surface area contributed by atoms with Crippen LogP contribution < -0.4 is 10.2 Å². The van der Waals surface area contributed by atoms with Crippen molar-refractivity contribution in [3.05, 3.63) is 24.3 Å². The molecule has 1 unspecified atom stereocenters. The number of carbonyl (C=O) groups excluding carboxylic acids is 1. The summed E-state index contributed by atoms with van der Waals surface area (Å²) in [6.45, 7) is 1.55. The van der Waals surface area contributed by atoms with Gasteiger partial charge in [-0.3, -0.25) is 0 Å². The third kappa shape index (κ3) is 3.63. The zero-order chi connectivity index (χ0) is 14.5. The molecule has 2 amide bonds. The predicted octanol–water partition coefficient (Wildman–Crippen LogP) is 1.99. The maximum atomic E-state index is 12.2. The van der Waals surface area contributed by atoms with E-state index in [1.165, 1.54) is 0 Å². The summed E-state index contributed by atoms with van der Waals surface area (Å²) in [5.74, 6) is 0.214. The summed E-state index contributed by atoms with van der Waals surface area (Å²) >= 11 is 0. The molecular formula is C15H23N3O2. The van der Waals surface area contributed by atoms with Crippen LogP contribution in [0.1, 0.15) is 12.8 Å². The Balaban J connectivity index is 1.93. The summed E-state index contributed by atoms with van der Waals surface area (Å²) in [5, 5.41) is 12.1. The van der Waals surface area contributed by atoms with Crippen LogP contribution in [0.2, 0.25) is 0 Å². The number of rotatable bonds is 3. The number of anilines is 2. The van der Waals surface area contributed by atoms with Gasteiger partial charge in [-0.05, 0) is 43.0 Å². The Bertz CT molecular complexity index is 445. The van der Waals surface area contributed by atoms with Crippen molar-refractivity contribution in [1.29, 1.82) is 0 Å². The first-order valence-corrected chi connectivity index (χ1v) is 7.04. The molecule has 1 aromatic carbocycles. The lowest BCUT2D eigenvalue weighted by Crippen LogP contribution is -2.43. The number of likely N-dealkylation sites (tertiary alicyclic amines) is 1. The number of amides is 2. The average Bonchev–Trinajstić information content (AvgIpc) is 2.47. The predicted molar refractivity (Wildman–Crippen MR) is 81.2 cm³/mol. The second-order valence-electron chi connectivity index (χ2n) is 5.51. The molecule has 1 fully saturated rings. The first-order chi connectivity index (χ1) is 9.60. The molecule has 20 heavy (non-hydrogen) atoms. The van der Waals surface area contributed by atoms with Crippen LogP contribution in [0.15, 0.2) is 24.3 Å². The largest absolute Gasteiger partial charge is 0.396 e. The molecule has 1 saturated heterocycles. The second kappa shape index (κ2) is 6.61. The van der Waals surface area contributed by atoms with E-state index in [4.69, 9.17) is 0 Å². The number of urea groups is 1. The highest BCUT2D eigenvalue weighted by Gasteiger charge is 2.23. The van der Waals surface area contributed by atoms with E-state index < -0.39 is 0 Å². The van der Waals surface area contributed by atoms with Crippen molar-refractivity contribution in [2.24, 2.45) is 5.92 Å². The Labute approximate surface area is 120 Å². The van der Waals surface area contributed by atoms with E-state index in [-0.39, 0.29) is 18.6 Å². The van der Waals surface area contributed by atoms with Gasteiger partial charge in [-0.25, -0.2) is 4.79 Å². The van der Waals surface area contributed by atoms with Crippen molar-refractivity contribution in [2.75, 3.05) is 44.0 Å². The zero-order valence-corrected chi connectivity index (χ0v) is 12.2. The van der Waals surface area contributed by atoms with E-state index >= 15 is 0 Å². The minimum Gasteiger partial charge on any atom is -0.396 e. The van der Waals surface area contributed by atoms with E-state index in [0.717, 1.165) is 30.8 Å². The number of benzene rings is 1. The van der Waals surface area contributed by atoms with Crippen LogP contribution in [-0.4, -0.2) is 49.8 Å². The molecule has 1 aliphatic rings. The molecule has 1 heterocycles. The molecule has 2 N–H and O–H groups in total. The van der Waals surface area contributed by atoms with Gasteiger partial charge < -0.3 is 20.2 Å². The Morgan fingerprint density at radius 1 is 1.40 bits per heavy atom. The summed E-state index contributed by atoms with van der Waals surface area (Å²) < 4.78 is 0. The van der Waals surface area contributed by atoms with Crippen LogP contribution in [-0.2, 0) is 0 Å². The molecule has 0 radical (unpaired) electrons. The van der Waals surface area contributed by atoms with Crippen molar-refractivity contribution in [3.63, 3.8) is 0 Å². The SMILES string of the molecule is CN(C)c1ccc(NC(=O)N2CCCC(CO)C2)cc1. The van der Waals surface area contributed by atoms with Crippen LogP contribution >= 0.6 is 0 Å². The van der Waals surface area contributed by atoms with E-state index in [0.29, 0.717) is 6.54 Å². The number of carbonyl (C=O) groups is 1. The molecule has 0 aromatic heterocycles. The van der Waals surface area contributed by atoms with Crippen molar-refractivity contribution >= 4 is 17.4 Å².